The van der Waals surface area contributed by atoms with E-state index in [1.807, 2.05) is 54.2 Å². The minimum atomic E-state index is -0.0791. The van der Waals surface area contributed by atoms with E-state index in [9.17, 15) is 4.79 Å². The average Bonchev–Trinajstić information content (AvgIpc) is 3.14. The van der Waals surface area contributed by atoms with E-state index < -0.39 is 0 Å². The Balaban J connectivity index is 1.70. The SMILES string of the molecule is COc1ccc2c(c1)CCCN2C(=O)NCC(c1ccco1)N(C)C. The van der Waals surface area contributed by atoms with Crippen LogP contribution in [0.15, 0.2) is 41.0 Å². The van der Waals surface area contributed by atoms with Gasteiger partial charge in [0, 0.05) is 18.8 Å². The molecule has 1 N–H and O–H groups in total. The van der Waals surface area contributed by atoms with Crippen LogP contribution in [0.5, 0.6) is 5.75 Å². The second-order valence-corrected chi connectivity index (χ2v) is 6.43. The number of fused-ring (bicyclic) bond motifs is 1. The molecule has 0 fully saturated rings. The number of carbonyl (C=O) groups is 1. The largest absolute Gasteiger partial charge is 0.497 e. The predicted molar refractivity (Wildman–Crippen MR) is 97.2 cm³/mol. The highest BCUT2D eigenvalue weighted by molar-refractivity contribution is 5.93. The van der Waals surface area contributed by atoms with E-state index in [-0.39, 0.29) is 12.1 Å². The van der Waals surface area contributed by atoms with E-state index in [1.165, 1.54) is 0 Å². The van der Waals surface area contributed by atoms with Crippen molar-refractivity contribution < 1.29 is 13.9 Å². The van der Waals surface area contributed by atoms with E-state index in [0.29, 0.717) is 6.54 Å². The first-order valence-electron chi connectivity index (χ1n) is 8.52. The first-order valence-corrected chi connectivity index (χ1v) is 8.52. The minimum Gasteiger partial charge on any atom is -0.497 e. The molecular formula is C19H25N3O3. The number of aryl methyl sites for hydroxylation is 1. The molecule has 2 heterocycles. The van der Waals surface area contributed by atoms with Gasteiger partial charge in [-0.15, -0.1) is 0 Å². The summed E-state index contributed by atoms with van der Waals surface area (Å²) in [5.74, 6) is 1.67. The van der Waals surface area contributed by atoms with Crippen LogP contribution in [0.2, 0.25) is 0 Å². The van der Waals surface area contributed by atoms with Gasteiger partial charge in [-0.2, -0.15) is 0 Å². The monoisotopic (exact) mass is 343 g/mol. The van der Waals surface area contributed by atoms with E-state index in [0.717, 1.165) is 42.1 Å². The highest BCUT2D eigenvalue weighted by Crippen LogP contribution is 2.30. The summed E-state index contributed by atoms with van der Waals surface area (Å²) in [5.41, 5.74) is 2.11. The van der Waals surface area contributed by atoms with Crippen molar-refractivity contribution in [3.63, 3.8) is 0 Å². The first kappa shape index (κ1) is 17.4. The Morgan fingerprint density at radius 1 is 1.40 bits per heavy atom. The summed E-state index contributed by atoms with van der Waals surface area (Å²) in [6.45, 7) is 1.21. The van der Waals surface area contributed by atoms with Crippen LogP contribution in [0.1, 0.15) is 23.8 Å². The van der Waals surface area contributed by atoms with Gasteiger partial charge >= 0.3 is 6.03 Å². The average molecular weight is 343 g/mol. The Morgan fingerprint density at radius 2 is 2.24 bits per heavy atom. The van der Waals surface area contributed by atoms with Gasteiger partial charge in [0.1, 0.15) is 11.5 Å². The molecule has 6 heteroatoms. The number of amides is 2. The number of benzene rings is 1. The summed E-state index contributed by atoms with van der Waals surface area (Å²) in [4.78, 5) is 16.6. The lowest BCUT2D eigenvalue weighted by molar-refractivity contribution is 0.229. The van der Waals surface area contributed by atoms with Gasteiger partial charge in [0.15, 0.2) is 0 Å². The molecule has 1 aliphatic rings. The number of nitrogens with zero attached hydrogens (tertiary/aromatic N) is 2. The van der Waals surface area contributed by atoms with Crippen molar-refractivity contribution in [2.24, 2.45) is 0 Å². The molecule has 2 amide bonds. The van der Waals surface area contributed by atoms with Crippen LogP contribution in [0.4, 0.5) is 10.5 Å². The molecule has 3 rings (SSSR count). The number of hydrogen-bond acceptors (Lipinski definition) is 4. The number of methoxy groups -OCH3 is 1. The Morgan fingerprint density at radius 3 is 2.92 bits per heavy atom. The van der Waals surface area contributed by atoms with Crippen molar-refractivity contribution >= 4 is 11.7 Å². The molecule has 1 aromatic carbocycles. The molecule has 6 nitrogen and oxygen atoms in total. The van der Waals surface area contributed by atoms with Gasteiger partial charge in [-0.05, 0) is 62.8 Å². The van der Waals surface area contributed by atoms with Crippen LogP contribution in [0.25, 0.3) is 0 Å². The van der Waals surface area contributed by atoms with Gasteiger partial charge in [0.2, 0.25) is 0 Å². The summed E-state index contributed by atoms with van der Waals surface area (Å²) < 4.78 is 10.8. The number of hydrogen-bond donors (Lipinski definition) is 1. The molecule has 134 valence electrons. The lowest BCUT2D eigenvalue weighted by Crippen LogP contribution is -2.45. The second-order valence-electron chi connectivity index (χ2n) is 6.43. The maximum atomic E-state index is 12.7. The maximum absolute atomic E-state index is 12.7. The first-order chi connectivity index (χ1) is 12.1. The number of ether oxygens (including phenoxy) is 1. The number of urea groups is 1. The fraction of sp³-hybridized carbons (Fsp3) is 0.421. The van der Waals surface area contributed by atoms with Gasteiger partial charge in [-0.3, -0.25) is 9.80 Å². The highest BCUT2D eigenvalue weighted by atomic mass is 16.5. The second kappa shape index (κ2) is 7.61. The number of rotatable bonds is 5. The quantitative estimate of drug-likeness (QED) is 0.906. The summed E-state index contributed by atoms with van der Waals surface area (Å²) >= 11 is 0. The van der Waals surface area contributed by atoms with Crippen molar-refractivity contribution in [2.75, 3.05) is 39.2 Å². The van der Waals surface area contributed by atoms with Gasteiger partial charge < -0.3 is 14.5 Å². The lowest BCUT2D eigenvalue weighted by atomic mass is 10.0. The van der Waals surface area contributed by atoms with Crippen LogP contribution < -0.4 is 15.0 Å². The maximum Gasteiger partial charge on any atom is 0.321 e. The van der Waals surface area contributed by atoms with Crippen molar-refractivity contribution in [1.82, 2.24) is 10.2 Å². The molecule has 1 aliphatic heterocycles. The molecule has 2 aromatic rings. The molecule has 0 radical (unpaired) electrons. The van der Waals surface area contributed by atoms with Crippen LogP contribution in [-0.4, -0.2) is 45.2 Å². The number of nitrogens with one attached hydrogen (secondary N) is 1. The summed E-state index contributed by atoms with van der Waals surface area (Å²) in [6, 6.07) is 9.59. The van der Waals surface area contributed by atoms with E-state index in [1.54, 1.807) is 13.4 Å². The van der Waals surface area contributed by atoms with E-state index >= 15 is 0 Å². The third kappa shape index (κ3) is 3.79. The fourth-order valence-electron chi connectivity index (χ4n) is 3.21. The Labute approximate surface area is 148 Å². The molecule has 1 unspecified atom stereocenters. The number of anilines is 1. The Bertz CT molecular complexity index is 713. The summed E-state index contributed by atoms with van der Waals surface area (Å²) in [5, 5.41) is 3.05. The van der Waals surface area contributed by atoms with Crippen LogP contribution in [0.3, 0.4) is 0 Å². The predicted octanol–water partition coefficient (Wildman–Crippen LogP) is 3.05. The number of likely N-dealkylation sites (N-methyl/N-ethyl adjacent to an activating group) is 1. The molecule has 0 bridgehead atoms. The molecule has 25 heavy (non-hydrogen) atoms. The standard InChI is InChI=1S/C19H25N3O3/c1-21(2)17(18-7-5-11-25-18)13-20-19(23)22-10-4-6-14-12-15(24-3)8-9-16(14)22/h5,7-9,11-12,17H,4,6,10,13H2,1-3H3,(H,20,23). The Kier molecular flexibility index (Phi) is 5.28. The van der Waals surface area contributed by atoms with E-state index in [4.69, 9.17) is 9.15 Å². The van der Waals surface area contributed by atoms with Crippen molar-refractivity contribution in [3.8, 4) is 5.75 Å². The third-order valence-electron chi connectivity index (χ3n) is 4.59. The van der Waals surface area contributed by atoms with Gasteiger partial charge in [0.25, 0.3) is 0 Å². The van der Waals surface area contributed by atoms with Crippen molar-refractivity contribution in [1.29, 1.82) is 0 Å². The highest BCUT2D eigenvalue weighted by Gasteiger charge is 2.24. The zero-order chi connectivity index (χ0) is 17.8. The van der Waals surface area contributed by atoms with Gasteiger partial charge in [0.05, 0.1) is 19.4 Å². The topological polar surface area (TPSA) is 58.0 Å². The zero-order valence-corrected chi connectivity index (χ0v) is 15.0. The molecule has 0 aliphatic carbocycles. The minimum absolute atomic E-state index is 0.000853. The molecule has 0 saturated heterocycles. The van der Waals surface area contributed by atoms with Gasteiger partial charge in [-0.25, -0.2) is 4.79 Å². The number of carbonyl (C=O) groups excluding carboxylic acids is 1. The molecule has 1 atom stereocenters. The normalized spacial score (nSPS) is 15.0. The summed E-state index contributed by atoms with van der Waals surface area (Å²) in [7, 11) is 5.61. The molecular weight excluding hydrogens is 318 g/mol. The van der Waals surface area contributed by atoms with E-state index in [2.05, 4.69) is 5.32 Å². The molecule has 0 spiro atoms. The molecule has 1 aromatic heterocycles. The lowest BCUT2D eigenvalue weighted by Gasteiger charge is -2.31. The van der Waals surface area contributed by atoms with Crippen LogP contribution >= 0.6 is 0 Å². The fourth-order valence-corrected chi connectivity index (χ4v) is 3.21. The zero-order valence-electron chi connectivity index (χ0n) is 15.0. The summed E-state index contributed by atoms with van der Waals surface area (Å²) in [6.07, 6.45) is 3.56. The van der Waals surface area contributed by atoms with Crippen LogP contribution in [-0.2, 0) is 6.42 Å². The smallest absolute Gasteiger partial charge is 0.321 e. The van der Waals surface area contributed by atoms with Crippen molar-refractivity contribution in [2.45, 2.75) is 18.9 Å². The third-order valence-corrected chi connectivity index (χ3v) is 4.59. The van der Waals surface area contributed by atoms with Crippen molar-refractivity contribution in [3.05, 3.63) is 47.9 Å². The van der Waals surface area contributed by atoms with Crippen LogP contribution in [0, 0.1) is 0 Å². The van der Waals surface area contributed by atoms with Gasteiger partial charge in [-0.1, -0.05) is 0 Å². The Hall–Kier alpha value is -2.47. The molecule has 0 saturated carbocycles. The number of furan rings is 1.